The average Bonchev–Trinajstić information content (AvgIpc) is 3.12. The maximum Gasteiger partial charge on any atom is 0.265 e. The van der Waals surface area contributed by atoms with Crippen LogP contribution in [0.3, 0.4) is 0 Å². The van der Waals surface area contributed by atoms with Crippen molar-refractivity contribution in [3.8, 4) is 0 Å². The summed E-state index contributed by atoms with van der Waals surface area (Å²) < 4.78 is 28.8. The molecule has 0 unspecified atom stereocenters. The number of nitrogens with zero attached hydrogens (tertiary/aromatic N) is 3. The van der Waals surface area contributed by atoms with Gasteiger partial charge >= 0.3 is 0 Å². The number of carbonyl (C=O) groups is 1. The Morgan fingerprint density at radius 3 is 2.63 bits per heavy atom. The molecule has 0 fully saturated rings. The normalized spacial score (nSPS) is 14.9. The highest BCUT2D eigenvalue weighted by Crippen LogP contribution is 2.41. The third-order valence-electron chi connectivity index (χ3n) is 4.49. The summed E-state index contributed by atoms with van der Waals surface area (Å²) in [6.07, 6.45) is 1.61. The lowest BCUT2D eigenvalue weighted by molar-refractivity contribution is -0.114. The zero-order valence-electron chi connectivity index (χ0n) is 15.1. The number of carbonyl (C=O) groups excluding carboxylic acids is 1. The summed E-state index contributed by atoms with van der Waals surface area (Å²) in [5.41, 5.74) is 0.536. The molecule has 1 amide bonds. The zero-order chi connectivity index (χ0) is 19.2. The Bertz CT molecular complexity index is 1130. The maximum atomic E-state index is 12.9. The largest absolute Gasteiger partial charge is 0.309 e. The Morgan fingerprint density at radius 1 is 1.15 bits per heavy atom. The summed E-state index contributed by atoms with van der Waals surface area (Å²) >= 11 is 0. The fourth-order valence-corrected chi connectivity index (χ4v) is 5.04. The number of aromatic nitrogens is 2. The molecule has 0 radical (unpaired) electrons. The van der Waals surface area contributed by atoms with E-state index in [1.807, 2.05) is 12.1 Å². The first-order chi connectivity index (χ1) is 12.9. The van der Waals surface area contributed by atoms with E-state index in [-0.39, 0.29) is 11.4 Å². The highest BCUT2D eigenvalue weighted by molar-refractivity contribution is 7.93. The molecule has 0 atom stereocenters. The fourth-order valence-electron chi connectivity index (χ4n) is 3.37. The number of rotatable bonds is 5. The predicted octanol–water partition coefficient (Wildman–Crippen LogP) is 2.84. The molecule has 4 rings (SSSR count). The van der Waals surface area contributed by atoms with E-state index in [2.05, 4.69) is 24.3 Å². The predicted molar refractivity (Wildman–Crippen MR) is 104 cm³/mol. The minimum atomic E-state index is -3.75. The van der Waals surface area contributed by atoms with Gasteiger partial charge in [-0.3, -0.25) is 9.10 Å². The third kappa shape index (κ3) is 2.95. The van der Waals surface area contributed by atoms with Crippen LogP contribution in [0.15, 0.2) is 53.6 Å². The van der Waals surface area contributed by atoms with E-state index >= 15 is 0 Å². The van der Waals surface area contributed by atoms with Crippen molar-refractivity contribution in [2.24, 2.45) is 5.92 Å². The van der Waals surface area contributed by atoms with Crippen molar-refractivity contribution in [3.63, 3.8) is 0 Å². The standard InChI is InChI=1S/C19H20N4O3S/c1-13(2)11-22-17(9-10-20-22)21-18(24)12-23-15-7-3-5-14-6-4-8-16(19(14)15)27(23,25)26/h3-10,13H,11-12H2,1-2H3,(H,21,24). The van der Waals surface area contributed by atoms with Crippen molar-refractivity contribution in [3.05, 3.63) is 48.7 Å². The monoisotopic (exact) mass is 384 g/mol. The van der Waals surface area contributed by atoms with Gasteiger partial charge in [-0.1, -0.05) is 38.1 Å². The molecule has 1 aliphatic heterocycles. The first-order valence-corrected chi connectivity index (χ1v) is 10.2. The van der Waals surface area contributed by atoms with Gasteiger partial charge in [0.1, 0.15) is 12.4 Å². The zero-order valence-corrected chi connectivity index (χ0v) is 15.9. The van der Waals surface area contributed by atoms with E-state index in [1.165, 1.54) is 4.31 Å². The van der Waals surface area contributed by atoms with E-state index < -0.39 is 15.9 Å². The third-order valence-corrected chi connectivity index (χ3v) is 6.29. The Balaban J connectivity index is 1.61. The Kier molecular flexibility index (Phi) is 4.15. The van der Waals surface area contributed by atoms with Gasteiger partial charge < -0.3 is 5.32 Å². The first kappa shape index (κ1) is 17.5. The molecule has 1 aromatic heterocycles. The topological polar surface area (TPSA) is 84.3 Å². The van der Waals surface area contributed by atoms with Crippen LogP contribution in [0.5, 0.6) is 0 Å². The summed E-state index contributed by atoms with van der Waals surface area (Å²) in [7, 11) is -3.75. The summed E-state index contributed by atoms with van der Waals surface area (Å²) in [5, 5.41) is 8.48. The lowest BCUT2D eigenvalue weighted by Gasteiger charge is -2.18. The lowest BCUT2D eigenvalue weighted by atomic mass is 10.1. The minimum absolute atomic E-state index is 0.244. The van der Waals surface area contributed by atoms with Crippen molar-refractivity contribution in [2.45, 2.75) is 25.3 Å². The van der Waals surface area contributed by atoms with Crippen LogP contribution in [0.25, 0.3) is 10.8 Å². The van der Waals surface area contributed by atoms with Gasteiger partial charge in [-0.05, 0) is 23.4 Å². The van der Waals surface area contributed by atoms with Crippen molar-refractivity contribution >= 4 is 38.2 Å². The van der Waals surface area contributed by atoms with Gasteiger partial charge in [0.05, 0.1) is 16.8 Å². The number of nitrogens with one attached hydrogen (secondary N) is 1. The molecule has 2 aromatic carbocycles. The number of hydrogen-bond acceptors (Lipinski definition) is 4. The SMILES string of the molecule is CC(C)Cn1nccc1NC(=O)CN1c2cccc3cccc(c23)S1(=O)=O. The second-order valence-electron chi connectivity index (χ2n) is 6.98. The van der Waals surface area contributed by atoms with Gasteiger partial charge in [-0.2, -0.15) is 5.10 Å². The summed E-state index contributed by atoms with van der Waals surface area (Å²) in [5.74, 6) is 0.515. The van der Waals surface area contributed by atoms with Gasteiger partial charge in [0, 0.05) is 18.0 Å². The van der Waals surface area contributed by atoms with E-state index in [0.29, 0.717) is 29.4 Å². The molecule has 0 spiro atoms. The summed E-state index contributed by atoms with van der Waals surface area (Å²) in [6, 6.07) is 12.3. The Hall–Kier alpha value is -2.87. The second kappa shape index (κ2) is 6.38. The Morgan fingerprint density at radius 2 is 1.89 bits per heavy atom. The average molecular weight is 384 g/mol. The number of anilines is 2. The molecule has 27 heavy (non-hydrogen) atoms. The molecule has 0 aliphatic carbocycles. The van der Waals surface area contributed by atoms with Crippen LogP contribution in [0, 0.1) is 5.92 Å². The Labute approximate surface area is 157 Å². The van der Waals surface area contributed by atoms with Crippen molar-refractivity contribution in [2.75, 3.05) is 16.2 Å². The van der Waals surface area contributed by atoms with Crippen LogP contribution in [0.2, 0.25) is 0 Å². The van der Waals surface area contributed by atoms with E-state index in [0.717, 1.165) is 5.39 Å². The number of sulfonamides is 1. The van der Waals surface area contributed by atoms with Gasteiger partial charge in [-0.15, -0.1) is 0 Å². The van der Waals surface area contributed by atoms with E-state index in [4.69, 9.17) is 0 Å². The minimum Gasteiger partial charge on any atom is -0.309 e. The number of hydrogen-bond donors (Lipinski definition) is 1. The number of benzene rings is 2. The van der Waals surface area contributed by atoms with E-state index in [1.54, 1.807) is 41.2 Å². The molecule has 7 nitrogen and oxygen atoms in total. The van der Waals surface area contributed by atoms with Crippen LogP contribution in [0.4, 0.5) is 11.5 Å². The molecule has 0 bridgehead atoms. The van der Waals surface area contributed by atoms with Crippen LogP contribution in [-0.4, -0.2) is 30.7 Å². The van der Waals surface area contributed by atoms with Crippen molar-refractivity contribution in [1.82, 2.24) is 9.78 Å². The second-order valence-corrected chi connectivity index (χ2v) is 8.81. The van der Waals surface area contributed by atoms with E-state index in [9.17, 15) is 13.2 Å². The van der Waals surface area contributed by atoms with Crippen LogP contribution < -0.4 is 9.62 Å². The molecule has 3 aromatic rings. The smallest absolute Gasteiger partial charge is 0.265 e. The summed E-state index contributed by atoms with van der Waals surface area (Å²) in [4.78, 5) is 12.8. The maximum absolute atomic E-state index is 12.9. The molecule has 140 valence electrons. The van der Waals surface area contributed by atoms with Crippen LogP contribution >= 0.6 is 0 Å². The number of amides is 1. The van der Waals surface area contributed by atoms with Gasteiger partial charge in [-0.25, -0.2) is 13.1 Å². The van der Waals surface area contributed by atoms with Gasteiger partial charge in [0.2, 0.25) is 5.91 Å². The molecule has 8 heteroatoms. The van der Waals surface area contributed by atoms with Gasteiger partial charge in [0.25, 0.3) is 10.0 Å². The molecule has 1 aliphatic rings. The first-order valence-electron chi connectivity index (χ1n) is 8.74. The van der Waals surface area contributed by atoms with Crippen LogP contribution in [-0.2, 0) is 21.4 Å². The van der Waals surface area contributed by atoms with Crippen molar-refractivity contribution in [1.29, 1.82) is 0 Å². The molecule has 0 saturated heterocycles. The lowest BCUT2D eigenvalue weighted by Crippen LogP contribution is -2.36. The molecule has 2 heterocycles. The summed E-state index contributed by atoms with van der Waals surface area (Å²) in [6.45, 7) is 4.49. The molecule has 0 saturated carbocycles. The quantitative estimate of drug-likeness (QED) is 0.733. The molecular formula is C19H20N4O3S. The molecule has 1 N–H and O–H groups in total. The highest BCUT2D eigenvalue weighted by atomic mass is 32.2. The van der Waals surface area contributed by atoms with Crippen molar-refractivity contribution < 1.29 is 13.2 Å². The van der Waals surface area contributed by atoms with Gasteiger partial charge in [0.15, 0.2) is 0 Å². The van der Waals surface area contributed by atoms with Crippen LogP contribution in [0.1, 0.15) is 13.8 Å². The highest BCUT2D eigenvalue weighted by Gasteiger charge is 2.36. The molecular weight excluding hydrogens is 364 g/mol. The fraction of sp³-hybridized carbons (Fsp3) is 0.263.